The fraction of sp³-hybridized carbons (Fsp3) is 0.571. The number of rotatable bonds is 5. The molecular weight excluding hydrogens is 374 g/mol. The number of anilines is 1. The number of fused-ring (bicyclic) bond motifs is 1. The topological polar surface area (TPSA) is 88.2 Å². The highest BCUT2D eigenvalue weighted by Crippen LogP contribution is 2.36. The van der Waals surface area contributed by atoms with E-state index in [4.69, 9.17) is 9.47 Å². The zero-order valence-electron chi connectivity index (χ0n) is 16.8. The van der Waals surface area contributed by atoms with Gasteiger partial charge in [0.25, 0.3) is 5.91 Å². The van der Waals surface area contributed by atoms with Crippen molar-refractivity contribution >= 4 is 23.4 Å². The highest BCUT2D eigenvalue weighted by molar-refractivity contribution is 6.06. The van der Waals surface area contributed by atoms with E-state index < -0.39 is 6.04 Å². The second-order valence-electron chi connectivity index (χ2n) is 7.87. The fourth-order valence-electron chi connectivity index (χ4n) is 4.76. The predicted octanol–water partition coefficient (Wildman–Crippen LogP) is 1.28. The summed E-state index contributed by atoms with van der Waals surface area (Å²) in [6.07, 6.45) is 2.34. The van der Waals surface area contributed by atoms with Crippen molar-refractivity contribution < 1.29 is 23.9 Å². The average molecular weight is 401 g/mol. The third-order valence-electron chi connectivity index (χ3n) is 6.29. The van der Waals surface area contributed by atoms with Gasteiger partial charge in [0, 0.05) is 63.0 Å². The molecule has 2 saturated heterocycles. The van der Waals surface area contributed by atoms with Crippen LogP contribution in [0.2, 0.25) is 0 Å². The Hall–Kier alpha value is -2.45. The van der Waals surface area contributed by atoms with E-state index in [-0.39, 0.29) is 30.4 Å². The van der Waals surface area contributed by atoms with Crippen LogP contribution in [0.15, 0.2) is 18.2 Å². The van der Waals surface area contributed by atoms with E-state index in [0.29, 0.717) is 24.4 Å². The van der Waals surface area contributed by atoms with Gasteiger partial charge >= 0.3 is 0 Å². The molecule has 1 unspecified atom stereocenters. The van der Waals surface area contributed by atoms with Crippen molar-refractivity contribution in [2.45, 2.75) is 44.6 Å². The molecule has 0 aliphatic carbocycles. The number of carbonyl (C=O) groups excluding carboxylic acids is 3. The molecular formula is C21H27N3O5. The van der Waals surface area contributed by atoms with Gasteiger partial charge in [-0.1, -0.05) is 6.07 Å². The van der Waals surface area contributed by atoms with Crippen molar-refractivity contribution in [1.29, 1.82) is 0 Å². The van der Waals surface area contributed by atoms with Crippen LogP contribution in [-0.4, -0.2) is 62.3 Å². The number of carbonyl (C=O) groups is 3. The van der Waals surface area contributed by atoms with Gasteiger partial charge in [-0.25, -0.2) is 0 Å². The second-order valence-corrected chi connectivity index (χ2v) is 7.87. The van der Waals surface area contributed by atoms with Crippen molar-refractivity contribution in [1.82, 2.24) is 10.2 Å². The number of hydrogen-bond acceptors (Lipinski definition) is 6. The number of methoxy groups -OCH3 is 2. The molecule has 8 heteroatoms. The minimum atomic E-state index is -0.588. The summed E-state index contributed by atoms with van der Waals surface area (Å²) >= 11 is 0. The first-order valence-electron chi connectivity index (χ1n) is 10.1. The summed E-state index contributed by atoms with van der Waals surface area (Å²) in [6.45, 7) is 2.11. The van der Waals surface area contributed by atoms with E-state index in [0.717, 1.165) is 37.2 Å². The molecule has 1 atom stereocenters. The van der Waals surface area contributed by atoms with E-state index in [1.807, 2.05) is 18.2 Å². The predicted molar refractivity (Wildman–Crippen MR) is 105 cm³/mol. The highest BCUT2D eigenvalue weighted by Gasteiger charge is 2.40. The van der Waals surface area contributed by atoms with Crippen LogP contribution in [0.25, 0.3) is 0 Å². The Kier molecular flexibility index (Phi) is 5.56. The summed E-state index contributed by atoms with van der Waals surface area (Å²) < 4.78 is 10.8. The number of amides is 3. The normalized spacial score (nSPS) is 23.0. The first-order chi connectivity index (χ1) is 14.0. The molecule has 29 heavy (non-hydrogen) atoms. The molecule has 3 aliphatic heterocycles. The Morgan fingerprint density at radius 1 is 1.07 bits per heavy atom. The lowest BCUT2D eigenvalue weighted by atomic mass is 9.95. The van der Waals surface area contributed by atoms with E-state index in [2.05, 4.69) is 10.2 Å². The van der Waals surface area contributed by atoms with Gasteiger partial charge in [0.2, 0.25) is 11.8 Å². The first kappa shape index (κ1) is 19.8. The summed E-state index contributed by atoms with van der Waals surface area (Å²) in [6, 6.07) is 5.19. The molecule has 4 rings (SSSR count). The Labute approximate surface area is 170 Å². The molecule has 1 aromatic rings. The summed E-state index contributed by atoms with van der Waals surface area (Å²) in [7, 11) is 3.33. The zero-order valence-corrected chi connectivity index (χ0v) is 16.8. The second kappa shape index (κ2) is 8.12. The molecule has 1 aromatic carbocycles. The standard InChI is InChI=1S/C21H27N3O5/c1-28-21(29-2)13-8-10-23(11-9-13)16-5-3-4-14-15(16)12-24(20(14)27)17-6-7-18(25)22-19(17)26/h3-5,13,17,21H,6-12H2,1-2H3,(H,22,25,26). The van der Waals surface area contributed by atoms with Crippen LogP contribution in [0, 0.1) is 5.92 Å². The van der Waals surface area contributed by atoms with E-state index in [9.17, 15) is 14.4 Å². The fourth-order valence-corrected chi connectivity index (χ4v) is 4.76. The minimum absolute atomic E-state index is 0.134. The number of piperidine rings is 2. The van der Waals surface area contributed by atoms with Crippen LogP contribution in [0.3, 0.4) is 0 Å². The smallest absolute Gasteiger partial charge is 0.255 e. The largest absolute Gasteiger partial charge is 0.371 e. The van der Waals surface area contributed by atoms with Gasteiger partial charge < -0.3 is 19.3 Å². The molecule has 156 valence electrons. The Morgan fingerprint density at radius 3 is 2.45 bits per heavy atom. The quantitative estimate of drug-likeness (QED) is 0.591. The third-order valence-corrected chi connectivity index (χ3v) is 6.29. The number of imide groups is 1. The lowest BCUT2D eigenvalue weighted by Gasteiger charge is -2.37. The first-order valence-corrected chi connectivity index (χ1v) is 10.1. The van der Waals surface area contributed by atoms with Crippen molar-refractivity contribution in [3.8, 4) is 0 Å². The van der Waals surface area contributed by atoms with Crippen LogP contribution in [0.4, 0.5) is 5.69 Å². The molecule has 2 fully saturated rings. The van der Waals surface area contributed by atoms with Gasteiger partial charge in [0.15, 0.2) is 6.29 Å². The molecule has 8 nitrogen and oxygen atoms in total. The average Bonchev–Trinajstić information content (AvgIpc) is 3.06. The highest BCUT2D eigenvalue weighted by atomic mass is 16.7. The number of nitrogens with one attached hydrogen (secondary N) is 1. The Bertz CT molecular complexity index is 815. The molecule has 0 aromatic heterocycles. The van der Waals surface area contributed by atoms with Gasteiger partial charge in [0.05, 0.1) is 0 Å². The summed E-state index contributed by atoms with van der Waals surface area (Å²) in [5, 5.41) is 2.35. The Balaban J connectivity index is 1.51. The van der Waals surface area contributed by atoms with Crippen LogP contribution in [0.5, 0.6) is 0 Å². The Morgan fingerprint density at radius 2 is 1.79 bits per heavy atom. The molecule has 0 radical (unpaired) electrons. The summed E-state index contributed by atoms with van der Waals surface area (Å²) in [5.74, 6) is -0.441. The lowest BCUT2D eigenvalue weighted by molar-refractivity contribution is -0.141. The zero-order chi connectivity index (χ0) is 20.5. The maximum absolute atomic E-state index is 13.0. The maximum Gasteiger partial charge on any atom is 0.255 e. The lowest BCUT2D eigenvalue weighted by Crippen LogP contribution is -2.52. The van der Waals surface area contributed by atoms with Crippen LogP contribution < -0.4 is 10.2 Å². The third kappa shape index (κ3) is 3.62. The van der Waals surface area contributed by atoms with Crippen molar-refractivity contribution in [2.24, 2.45) is 5.92 Å². The van der Waals surface area contributed by atoms with E-state index in [1.54, 1.807) is 19.1 Å². The summed E-state index contributed by atoms with van der Waals surface area (Å²) in [5.41, 5.74) is 2.67. The monoisotopic (exact) mass is 401 g/mol. The van der Waals surface area contributed by atoms with Gasteiger partial charge in [-0.2, -0.15) is 0 Å². The molecule has 0 bridgehead atoms. The minimum Gasteiger partial charge on any atom is -0.371 e. The number of nitrogens with zero attached hydrogens (tertiary/aromatic N) is 2. The van der Waals surface area contributed by atoms with Crippen LogP contribution in [0.1, 0.15) is 41.6 Å². The molecule has 3 heterocycles. The number of benzene rings is 1. The molecule has 0 spiro atoms. The van der Waals surface area contributed by atoms with Gasteiger partial charge in [-0.3, -0.25) is 19.7 Å². The maximum atomic E-state index is 13.0. The molecule has 3 aliphatic rings. The van der Waals surface area contributed by atoms with Gasteiger partial charge in [-0.15, -0.1) is 0 Å². The SMILES string of the molecule is COC(OC)C1CCN(c2cccc3c2CN(C2CCC(=O)NC2=O)C3=O)CC1. The molecule has 1 N–H and O–H groups in total. The molecule has 0 saturated carbocycles. The van der Waals surface area contributed by atoms with E-state index in [1.165, 1.54) is 0 Å². The van der Waals surface area contributed by atoms with Crippen molar-refractivity contribution in [2.75, 3.05) is 32.2 Å². The van der Waals surface area contributed by atoms with Gasteiger partial charge in [0.1, 0.15) is 6.04 Å². The van der Waals surface area contributed by atoms with Crippen LogP contribution >= 0.6 is 0 Å². The van der Waals surface area contributed by atoms with Crippen molar-refractivity contribution in [3.63, 3.8) is 0 Å². The number of hydrogen-bond donors (Lipinski definition) is 1. The van der Waals surface area contributed by atoms with Gasteiger partial charge in [-0.05, 0) is 31.4 Å². The number of ether oxygens (including phenoxy) is 2. The van der Waals surface area contributed by atoms with Crippen molar-refractivity contribution in [3.05, 3.63) is 29.3 Å². The molecule has 3 amide bonds. The summed E-state index contributed by atoms with van der Waals surface area (Å²) in [4.78, 5) is 40.6. The van der Waals surface area contributed by atoms with E-state index >= 15 is 0 Å². The van der Waals surface area contributed by atoms with Crippen LogP contribution in [-0.2, 0) is 25.6 Å².